The van der Waals surface area contributed by atoms with E-state index in [0.717, 1.165) is 30.8 Å². The maximum absolute atomic E-state index is 12.2. The normalized spacial score (nSPS) is 11.4. The Labute approximate surface area is 182 Å². The molecule has 0 aliphatic rings. The minimum absolute atomic E-state index is 0.132. The summed E-state index contributed by atoms with van der Waals surface area (Å²) in [6, 6.07) is 13.8. The highest BCUT2D eigenvalue weighted by Crippen LogP contribution is 2.06. The van der Waals surface area contributed by atoms with E-state index in [-0.39, 0.29) is 6.54 Å². The largest absolute Gasteiger partial charge is 0.339 e. The first-order valence-corrected chi connectivity index (χ1v) is 9.94. The molecule has 2 rings (SSSR count). The van der Waals surface area contributed by atoms with Crippen LogP contribution in [-0.2, 0) is 11.3 Å². The molecule has 0 saturated heterocycles. The van der Waals surface area contributed by atoms with Gasteiger partial charge in [-0.1, -0.05) is 24.0 Å². The Bertz CT molecular complexity index is 915. The number of hydroxylamine groups is 1. The molecule has 0 heterocycles. The van der Waals surface area contributed by atoms with Crippen LogP contribution in [0.25, 0.3) is 0 Å². The molecule has 6 N–H and O–H groups in total. The average Bonchev–Trinajstić information content (AvgIpc) is 2.79. The number of likely N-dealkylation sites (N-methyl/N-ethyl adjacent to an activating group) is 1. The number of nitrogens with zero attached hydrogens (tertiary/aromatic N) is 1. The van der Waals surface area contributed by atoms with Crippen molar-refractivity contribution >= 4 is 11.8 Å². The fraction of sp³-hybridized carbons (Fsp3) is 0.304. The maximum Gasteiger partial charge on any atom is 0.267 e. The van der Waals surface area contributed by atoms with Gasteiger partial charge in [-0.2, -0.15) is 0 Å². The summed E-state index contributed by atoms with van der Waals surface area (Å²) < 4.78 is 0. The summed E-state index contributed by atoms with van der Waals surface area (Å²) >= 11 is 0. The zero-order chi connectivity index (χ0) is 22.6. The Morgan fingerprint density at radius 3 is 2.13 bits per heavy atom. The topological polar surface area (TPSA) is 120 Å². The standard InChI is InChI=1S/C23H29N5O3/c1-28(2)14-13-25-16-19-7-5-17(6-8-19)3-4-18-9-11-20(12-10-18)22(29)26-21(15-24)23(30)27-31/h5-12,21,25,31H,13-16,24H2,1-2H3,(H,26,29)(H,27,30)/t21-/m0/s1. The lowest BCUT2D eigenvalue weighted by molar-refractivity contribution is -0.130. The van der Waals surface area contributed by atoms with E-state index in [9.17, 15) is 9.59 Å². The first-order chi connectivity index (χ1) is 14.9. The van der Waals surface area contributed by atoms with Gasteiger partial charge in [0.1, 0.15) is 6.04 Å². The Morgan fingerprint density at radius 2 is 1.61 bits per heavy atom. The van der Waals surface area contributed by atoms with Crippen LogP contribution in [0, 0.1) is 11.8 Å². The lowest BCUT2D eigenvalue weighted by Crippen LogP contribution is -2.50. The molecule has 31 heavy (non-hydrogen) atoms. The van der Waals surface area contributed by atoms with Gasteiger partial charge in [-0.25, -0.2) is 5.48 Å². The zero-order valence-corrected chi connectivity index (χ0v) is 17.8. The molecule has 0 spiro atoms. The molecule has 0 saturated carbocycles. The van der Waals surface area contributed by atoms with Crippen LogP contribution in [0.1, 0.15) is 27.0 Å². The van der Waals surface area contributed by atoms with Gasteiger partial charge in [-0.15, -0.1) is 0 Å². The van der Waals surface area contributed by atoms with Gasteiger partial charge in [0.05, 0.1) is 0 Å². The fourth-order valence-corrected chi connectivity index (χ4v) is 2.64. The minimum Gasteiger partial charge on any atom is -0.339 e. The monoisotopic (exact) mass is 423 g/mol. The van der Waals surface area contributed by atoms with E-state index >= 15 is 0 Å². The lowest BCUT2D eigenvalue weighted by atomic mass is 10.1. The van der Waals surface area contributed by atoms with Crippen LogP contribution in [0.4, 0.5) is 0 Å². The van der Waals surface area contributed by atoms with Gasteiger partial charge >= 0.3 is 0 Å². The van der Waals surface area contributed by atoms with Gasteiger partial charge < -0.3 is 21.3 Å². The lowest BCUT2D eigenvalue weighted by Gasteiger charge is -2.14. The Balaban J connectivity index is 1.92. The fourth-order valence-electron chi connectivity index (χ4n) is 2.64. The van der Waals surface area contributed by atoms with Gasteiger partial charge in [-0.05, 0) is 56.1 Å². The van der Waals surface area contributed by atoms with E-state index in [0.29, 0.717) is 5.56 Å². The number of carbonyl (C=O) groups excluding carboxylic acids is 2. The number of amides is 2. The summed E-state index contributed by atoms with van der Waals surface area (Å²) in [6.07, 6.45) is 0. The first kappa shape index (κ1) is 24.1. The number of hydrogen-bond donors (Lipinski definition) is 5. The quantitative estimate of drug-likeness (QED) is 0.171. The van der Waals surface area contributed by atoms with Crippen molar-refractivity contribution in [3.8, 4) is 11.8 Å². The van der Waals surface area contributed by atoms with E-state index < -0.39 is 17.9 Å². The average molecular weight is 424 g/mol. The molecule has 8 nitrogen and oxygen atoms in total. The highest BCUT2D eigenvalue weighted by atomic mass is 16.5. The molecule has 0 aliphatic heterocycles. The minimum atomic E-state index is -1.01. The van der Waals surface area contributed by atoms with Crippen molar-refractivity contribution in [1.29, 1.82) is 0 Å². The molecular weight excluding hydrogens is 394 g/mol. The van der Waals surface area contributed by atoms with Gasteiger partial charge in [0.15, 0.2) is 0 Å². The second kappa shape index (κ2) is 12.5. The van der Waals surface area contributed by atoms with Gasteiger partial charge in [0.2, 0.25) is 0 Å². The van der Waals surface area contributed by atoms with Crippen molar-refractivity contribution < 1.29 is 14.8 Å². The van der Waals surface area contributed by atoms with E-state index in [1.807, 2.05) is 26.2 Å². The van der Waals surface area contributed by atoms with Crippen molar-refractivity contribution in [2.75, 3.05) is 33.7 Å². The number of nitrogens with two attached hydrogens (primary N) is 1. The molecule has 0 radical (unpaired) electrons. The predicted octanol–water partition coefficient (Wildman–Crippen LogP) is 0.300. The van der Waals surface area contributed by atoms with E-state index in [1.54, 1.807) is 24.3 Å². The summed E-state index contributed by atoms with van der Waals surface area (Å²) in [7, 11) is 4.10. The SMILES string of the molecule is CN(C)CCNCc1ccc(C#Cc2ccc(C(=O)N[C@@H](CN)C(=O)NO)cc2)cc1. The van der Waals surface area contributed by atoms with Crippen molar-refractivity contribution in [2.24, 2.45) is 5.73 Å². The van der Waals surface area contributed by atoms with Crippen LogP contribution in [0.15, 0.2) is 48.5 Å². The van der Waals surface area contributed by atoms with Crippen LogP contribution >= 0.6 is 0 Å². The molecule has 2 amide bonds. The number of hydrogen-bond acceptors (Lipinski definition) is 6. The van der Waals surface area contributed by atoms with Crippen LogP contribution < -0.4 is 21.8 Å². The van der Waals surface area contributed by atoms with Crippen LogP contribution in [0.3, 0.4) is 0 Å². The Hall–Kier alpha value is -3.22. The van der Waals surface area contributed by atoms with E-state index in [4.69, 9.17) is 10.9 Å². The summed E-state index contributed by atoms with van der Waals surface area (Å²) in [5, 5.41) is 14.5. The third-order valence-electron chi connectivity index (χ3n) is 4.48. The van der Waals surface area contributed by atoms with Gasteiger partial charge in [0.25, 0.3) is 11.8 Å². The highest BCUT2D eigenvalue weighted by molar-refractivity contribution is 5.97. The number of carbonyl (C=O) groups is 2. The van der Waals surface area contributed by atoms with Crippen molar-refractivity contribution in [3.05, 3.63) is 70.8 Å². The molecule has 0 fully saturated rings. The zero-order valence-electron chi connectivity index (χ0n) is 17.8. The Morgan fingerprint density at radius 1 is 1.03 bits per heavy atom. The molecular formula is C23H29N5O3. The molecule has 0 unspecified atom stereocenters. The third kappa shape index (κ3) is 8.20. The maximum atomic E-state index is 12.2. The number of rotatable bonds is 9. The van der Waals surface area contributed by atoms with Crippen molar-refractivity contribution in [3.63, 3.8) is 0 Å². The molecule has 0 bridgehead atoms. The molecule has 1 atom stereocenters. The second-order valence-electron chi connectivity index (χ2n) is 7.24. The predicted molar refractivity (Wildman–Crippen MR) is 119 cm³/mol. The highest BCUT2D eigenvalue weighted by Gasteiger charge is 2.19. The number of nitrogens with one attached hydrogen (secondary N) is 3. The smallest absolute Gasteiger partial charge is 0.267 e. The van der Waals surface area contributed by atoms with E-state index in [2.05, 4.69) is 39.5 Å². The molecule has 2 aromatic rings. The molecule has 0 aromatic heterocycles. The molecule has 0 aliphatic carbocycles. The molecule has 8 heteroatoms. The third-order valence-corrected chi connectivity index (χ3v) is 4.48. The van der Waals surface area contributed by atoms with Crippen LogP contribution in [0.5, 0.6) is 0 Å². The molecule has 2 aromatic carbocycles. The first-order valence-electron chi connectivity index (χ1n) is 9.94. The summed E-state index contributed by atoms with van der Waals surface area (Å²) in [6.45, 7) is 2.61. The van der Waals surface area contributed by atoms with Crippen LogP contribution in [0.2, 0.25) is 0 Å². The summed E-state index contributed by atoms with van der Waals surface area (Å²) in [5.74, 6) is 4.94. The molecule has 164 valence electrons. The van der Waals surface area contributed by atoms with Crippen molar-refractivity contribution in [2.45, 2.75) is 12.6 Å². The van der Waals surface area contributed by atoms with Gasteiger partial charge in [-0.3, -0.25) is 14.8 Å². The van der Waals surface area contributed by atoms with Crippen molar-refractivity contribution in [1.82, 2.24) is 21.0 Å². The van der Waals surface area contributed by atoms with Crippen LogP contribution in [-0.4, -0.2) is 61.7 Å². The Kier molecular flexibility index (Phi) is 9.68. The number of benzene rings is 2. The summed E-state index contributed by atoms with van der Waals surface area (Å²) in [5.41, 5.74) is 10.1. The summed E-state index contributed by atoms with van der Waals surface area (Å²) in [4.78, 5) is 25.8. The van der Waals surface area contributed by atoms with Gasteiger partial charge in [0, 0.05) is 42.9 Å². The van der Waals surface area contributed by atoms with E-state index in [1.165, 1.54) is 11.0 Å². The second-order valence-corrected chi connectivity index (χ2v) is 7.24.